The Bertz CT molecular complexity index is 561. The van der Waals surface area contributed by atoms with Crippen molar-refractivity contribution in [3.8, 4) is 0 Å². The maximum atomic E-state index is 8.39. The molecule has 0 aliphatic rings. The van der Waals surface area contributed by atoms with Crippen LogP contribution >= 0.6 is 0 Å². The molecule has 21 heavy (non-hydrogen) atoms. The number of benzene rings is 1. The zero-order valence-corrected chi connectivity index (χ0v) is 13.6. The standard InChI is InChI=1S/C20H27N/c1-6-9-11-17-12-13-18(14-19(17)15(4)5)20(21)16(8-3)10-7-2/h7,10,12-14,21H,2,4,6,8-9,11H2,1,3,5H3/b16-10-,21-20?. The topological polar surface area (TPSA) is 23.9 Å². The molecule has 1 nitrogen and oxygen atoms in total. The van der Waals surface area contributed by atoms with Crippen molar-refractivity contribution in [3.63, 3.8) is 0 Å². The Morgan fingerprint density at radius 2 is 2.00 bits per heavy atom. The smallest absolute Gasteiger partial charge is 0.0644 e. The second-order valence-corrected chi connectivity index (χ2v) is 5.41. The van der Waals surface area contributed by atoms with Gasteiger partial charge in [-0.3, -0.25) is 5.41 Å². The third-order valence-electron chi connectivity index (χ3n) is 3.68. The van der Waals surface area contributed by atoms with Gasteiger partial charge in [0.1, 0.15) is 0 Å². The minimum atomic E-state index is 0.585. The molecule has 0 spiro atoms. The fourth-order valence-corrected chi connectivity index (χ4v) is 2.42. The highest BCUT2D eigenvalue weighted by molar-refractivity contribution is 6.11. The first kappa shape index (κ1) is 17.2. The molecule has 0 aromatic heterocycles. The summed E-state index contributed by atoms with van der Waals surface area (Å²) in [5.41, 5.74) is 6.16. The largest absolute Gasteiger partial charge is 0.300 e. The summed E-state index contributed by atoms with van der Waals surface area (Å²) in [5.74, 6) is 0. The molecule has 0 atom stereocenters. The Morgan fingerprint density at radius 1 is 1.29 bits per heavy atom. The van der Waals surface area contributed by atoms with Crippen LogP contribution < -0.4 is 0 Å². The zero-order chi connectivity index (χ0) is 15.8. The highest BCUT2D eigenvalue weighted by Crippen LogP contribution is 2.23. The third-order valence-corrected chi connectivity index (χ3v) is 3.68. The van der Waals surface area contributed by atoms with E-state index in [9.17, 15) is 0 Å². The normalized spacial score (nSPS) is 11.3. The lowest BCUT2D eigenvalue weighted by Crippen LogP contribution is -2.05. The summed E-state index contributed by atoms with van der Waals surface area (Å²) in [4.78, 5) is 0. The first-order chi connectivity index (χ1) is 10.0. The SMILES string of the molecule is C=C/C=C(/CC)C(=N)c1ccc(CCCC)c(C(=C)C)c1. The van der Waals surface area contributed by atoms with Crippen molar-refractivity contribution in [2.45, 2.75) is 46.5 Å². The first-order valence-electron chi connectivity index (χ1n) is 7.74. The summed E-state index contributed by atoms with van der Waals surface area (Å²) in [6.07, 6.45) is 7.97. The van der Waals surface area contributed by atoms with Gasteiger partial charge in [0.25, 0.3) is 0 Å². The Hall–Kier alpha value is -1.89. The quantitative estimate of drug-likeness (QED) is 0.449. The Morgan fingerprint density at radius 3 is 2.52 bits per heavy atom. The van der Waals surface area contributed by atoms with Gasteiger partial charge in [0.15, 0.2) is 0 Å². The molecule has 1 N–H and O–H groups in total. The highest BCUT2D eigenvalue weighted by Gasteiger charge is 2.10. The molecule has 1 aromatic rings. The summed E-state index contributed by atoms with van der Waals surface area (Å²) in [6, 6.07) is 6.33. The fraction of sp³-hybridized carbons (Fsp3) is 0.350. The van der Waals surface area contributed by atoms with E-state index in [1.807, 2.05) is 13.0 Å². The molecule has 0 aliphatic carbocycles. The highest BCUT2D eigenvalue weighted by atomic mass is 14.4. The lowest BCUT2D eigenvalue weighted by atomic mass is 9.92. The van der Waals surface area contributed by atoms with Gasteiger partial charge in [0, 0.05) is 5.56 Å². The lowest BCUT2D eigenvalue weighted by Gasteiger charge is -2.13. The molecule has 1 rings (SSSR count). The molecule has 0 radical (unpaired) electrons. The van der Waals surface area contributed by atoms with E-state index in [0.717, 1.165) is 29.6 Å². The van der Waals surface area contributed by atoms with Gasteiger partial charge in [0.2, 0.25) is 0 Å². The molecule has 1 heteroatoms. The van der Waals surface area contributed by atoms with E-state index >= 15 is 0 Å². The van der Waals surface area contributed by atoms with E-state index in [1.165, 1.54) is 24.0 Å². The number of allylic oxidation sites excluding steroid dienone is 4. The molecule has 1 aromatic carbocycles. The van der Waals surface area contributed by atoms with Crippen LogP contribution in [-0.2, 0) is 6.42 Å². The summed E-state index contributed by atoms with van der Waals surface area (Å²) >= 11 is 0. The second kappa shape index (κ2) is 8.41. The van der Waals surface area contributed by atoms with Crippen molar-refractivity contribution in [1.82, 2.24) is 0 Å². The second-order valence-electron chi connectivity index (χ2n) is 5.41. The van der Waals surface area contributed by atoms with Gasteiger partial charge in [-0.25, -0.2) is 0 Å². The molecule has 112 valence electrons. The number of aryl methyl sites for hydroxylation is 1. The first-order valence-corrected chi connectivity index (χ1v) is 7.74. The zero-order valence-electron chi connectivity index (χ0n) is 13.6. The van der Waals surface area contributed by atoms with Crippen LogP contribution in [-0.4, -0.2) is 5.71 Å². The molecule has 0 bridgehead atoms. The molecule has 0 amide bonds. The van der Waals surface area contributed by atoms with Crippen LogP contribution in [0.2, 0.25) is 0 Å². The van der Waals surface area contributed by atoms with Crippen LogP contribution in [0.4, 0.5) is 0 Å². The van der Waals surface area contributed by atoms with Crippen LogP contribution in [0.15, 0.2) is 49.1 Å². The van der Waals surface area contributed by atoms with E-state index < -0.39 is 0 Å². The Labute approximate surface area is 129 Å². The Balaban J connectivity index is 3.19. The van der Waals surface area contributed by atoms with Crippen molar-refractivity contribution >= 4 is 11.3 Å². The molecule has 0 saturated carbocycles. The third kappa shape index (κ3) is 4.56. The maximum absolute atomic E-state index is 8.39. The van der Waals surface area contributed by atoms with Crippen LogP contribution in [0, 0.1) is 5.41 Å². The van der Waals surface area contributed by atoms with E-state index in [2.05, 4.69) is 45.2 Å². The van der Waals surface area contributed by atoms with Gasteiger partial charge in [-0.1, -0.05) is 63.3 Å². The van der Waals surface area contributed by atoms with Crippen molar-refractivity contribution in [2.24, 2.45) is 0 Å². The number of hydrogen-bond acceptors (Lipinski definition) is 1. The molecular weight excluding hydrogens is 254 g/mol. The summed E-state index contributed by atoms with van der Waals surface area (Å²) in [7, 11) is 0. The number of unbranched alkanes of at least 4 members (excludes halogenated alkanes) is 1. The van der Waals surface area contributed by atoms with Gasteiger partial charge >= 0.3 is 0 Å². The molecule has 0 saturated heterocycles. The van der Waals surface area contributed by atoms with Crippen molar-refractivity contribution in [1.29, 1.82) is 5.41 Å². The van der Waals surface area contributed by atoms with Gasteiger partial charge in [-0.15, -0.1) is 0 Å². The van der Waals surface area contributed by atoms with Crippen LogP contribution in [0.5, 0.6) is 0 Å². The molecule has 0 unspecified atom stereocenters. The van der Waals surface area contributed by atoms with Crippen LogP contribution in [0.3, 0.4) is 0 Å². The van der Waals surface area contributed by atoms with Crippen LogP contribution in [0.25, 0.3) is 5.57 Å². The predicted octanol–water partition coefficient (Wildman–Crippen LogP) is 5.95. The number of rotatable bonds is 8. The Kier molecular flexibility index (Phi) is 6.87. The molecule has 0 aliphatic heterocycles. The summed E-state index contributed by atoms with van der Waals surface area (Å²) in [6.45, 7) is 14.1. The lowest BCUT2D eigenvalue weighted by molar-refractivity contribution is 0.793. The van der Waals surface area contributed by atoms with Crippen molar-refractivity contribution < 1.29 is 0 Å². The van der Waals surface area contributed by atoms with Crippen molar-refractivity contribution in [2.75, 3.05) is 0 Å². The number of hydrogen-bond donors (Lipinski definition) is 1. The van der Waals surface area contributed by atoms with Gasteiger partial charge in [0.05, 0.1) is 5.71 Å². The fourth-order valence-electron chi connectivity index (χ4n) is 2.42. The minimum Gasteiger partial charge on any atom is -0.300 e. The summed E-state index contributed by atoms with van der Waals surface area (Å²) < 4.78 is 0. The van der Waals surface area contributed by atoms with Gasteiger partial charge in [-0.2, -0.15) is 0 Å². The minimum absolute atomic E-state index is 0.585. The van der Waals surface area contributed by atoms with Crippen LogP contribution in [0.1, 0.15) is 56.7 Å². The van der Waals surface area contributed by atoms with E-state index in [0.29, 0.717) is 5.71 Å². The van der Waals surface area contributed by atoms with Gasteiger partial charge in [-0.05, 0) is 49.0 Å². The average molecular weight is 281 g/mol. The van der Waals surface area contributed by atoms with Gasteiger partial charge < -0.3 is 0 Å². The van der Waals surface area contributed by atoms with Crippen molar-refractivity contribution in [3.05, 3.63) is 65.8 Å². The predicted molar refractivity (Wildman–Crippen MR) is 95.2 cm³/mol. The number of nitrogens with one attached hydrogen (secondary N) is 1. The van der Waals surface area contributed by atoms with E-state index in [1.54, 1.807) is 6.08 Å². The summed E-state index contributed by atoms with van der Waals surface area (Å²) in [5, 5.41) is 8.39. The maximum Gasteiger partial charge on any atom is 0.0644 e. The average Bonchev–Trinajstić information content (AvgIpc) is 2.49. The van der Waals surface area contributed by atoms with E-state index in [4.69, 9.17) is 5.41 Å². The van der Waals surface area contributed by atoms with E-state index in [-0.39, 0.29) is 0 Å². The monoisotopic (exact) mass is 281 g/mol. The molecular formula is C20H27N. The molecule has 0 fully saturated rings. The molecule has 0 heterocycles.